The normalized spacial score (nSPS) is 23.4. The molecule has 0 aromatic heterocycles. The zero-order valence-corrected chi connectivity index (χ0v) is 12.6. The van der Waals surface area contributed by atoms with E-state index < -0.39 is 10.9 Å². The first-order valence-electron chi connectivity index (χ1n) is 7.78. The monoisotopic (exact) mass is 318 g/mol. The van der Waals surface area contributed by atoms with Gasteiger partial charge in [-0.3, -0.25) is 14.9 Å². The molecule has 2 aliphatic rings. The molecule has 1 heterocycles. The number of hydrogen-bond acceptors (Lipinski definition) is 4. The van der Waals surface area contributed by atoms with E-state index in [1.54, 1.807) is 4.90 Å². The average Bonchev–Trinajstić information content (AvgIpc) is 2.97. The Balaban J connectivity index is 1.87. The van der Waals surface area contributed by atoms with Gasteiger partial charge in [-0.2, -0.15) is 0 Å². The van der Waals surface area contributed by atoms with Crippen molar-refractivity contribution in [1.29, 1.82) is 0 Å². The Labute approximate surface area is 133 Å². The highest BCUT2D eigenvalue weighted by atomic mass is 16.6. The lowest BCUT2D eigenvalue weighted by molar-refractivity contribution is -0.384. The molecule has 23 heavy (non-hydrogen) atoms. The number of likely N-dealkylation sites (tertiary alicyclic amines) is 1. The van der Waals surface area contributed by atoms with Crippen LogP contribution in [0.4, 0.5) is 5.69 Å². The van der Waals surface area contributed by atoms with Crippen LogP contribution in [0.25, 0.3) is 0 Å². The molecule has 1 aromatic carbocycles. The van der Waals surface area contributed by atoms with E-state index in [1.807, 2.05) is 0 Å². The molecule has 3 rings (SSSR count). The molecule has 2 unspecified atom stereocenters. The standard InChI is InChI=1S/C16H18N2O5/c19-15(17-8-10-3-1-2-4-11(10)9-17)12-5-13(16(20)21)7-14(6-12)18(22)23/h5-7,10-11H,1-4,8-9H2,(H,20,21). The van der Waals surface area contributed by atoms with Gasteiger partial charge in [-0.05, 0) is 30.7 Å². The summed E-state index contributed by atoms with van der Waals surface area (Å²) in [5, 5.41) is 20.0. The number of nitrogens with zero attached hydrogens (tertiary/aromatic N) is 2. The highest BCUT2D eigenvalue weighted by Crippen LogP contribution is 2.36. The molecule has 0 bridgehead atoms. The fraction of sp³-hybridized carbons (Fsp3) is 0.500. The summed E-state index contributed by atoms with van der Waals surface area (Å²) >= 11 is 0. The molecular weight excluding hydrogens is 300 g/mol. The molecule has 0 spiro atoms. The van der Waals surface area contributed by atoms with Gasteiger partial charge in [-0.1, -0.05) is 12.8 Å². The van der Waals surface area contributed by atoms with Gasteiger partial charge in [-0.15, -0.1) is 0 Å². The smallest absolute Gasteiger partial charge is 0.335 e. The number of non-ortho nitro benzene ring substituents is 1. The summed E-state index contributed by atoms with van der Waals surface area (Å²) in [5.41, 5.74) is -0.528. The van der Waals surface area contributed by atoms with Gasteiger partial charge in [0.2, 0.25) is 0 Å². The molecule has 1 aromatic rings. The minimum absolute atomic E-state index is 0.0789. The highest BCUT2D eigenvalue weighted by molar-refractivity contribution is 5.98. The maximum Gasteiger partial charge on any atom is 0.335 e. The van der Waals surface area contributed by atoms with E-state index in [0.29, 0.717) is 24.9 Å². The summed E-state index contributed by atoms with van der Waals surface area (Å²) < 4.78 is 0. The summed E-state index contributed by atoms with van der Waals surface area (Å²) in [6.45, 7) is 1.32. The van der Waals surface area contributed by atoms with Crippen molar-refractivity contribution in [2.24, 2.45) is 11.8 Å². The molecular formula is C16H18N2O5. The molecule has 7 heteroatoms. The quantitative estimate of drug-likeness (QED) is 0.682. The van der Waals surface area contributed by atoms with Gasteiger partial charge in [0, 0.05) is 30.8 Å². The number of amides is 1. The van der Waals surface area contributed by atoms with Crippen LogP contribution in [0.3, 0.4) is 0 Å². The van der Waals surface area contributed by atoms with Gasteiger partial charge in [-0.25, -0.2) is 4.79 Å². The minimum Gasteiger partial charge on any atom is -0.478 e. The molecule has 1 aliphatic carbocycles. The largest absolute Gasteiger partial charge is 0.478 e. The number of rotatable bonds is 3. The van der Waals surface area contributed by atoms with Crippen LogP contribution >= 0.6 is 0 Å². The van der Waals surface area contributed by atoms with E-state index >= 15 is 0 Å². The molecule has 1 amide bonds. The first kappa shape index (κ1) is 15.5. The molecule has 2 fully saturated rings. The summed E-state index contributed by atoms with van der Waals surface area (Å²) in [6, 6.07) is 3.36. The lowest BCUT2D eigenvalue weighted by Crippen LogP contribution is -2.29. The third-order valence-corrected chi connectivity index (χ3v) is 4.89. The van der Waals surface area contributed by atoms with Crippen molar-refractivity contribution < 1.29 is 19.6 Å². The van der Waals surface area contributed by atoms with Gasteiger partial charge < -0.3 is 10.0 Å². The Bertz CT molecular complexity index is 626. The minimum atomic E-state index is -1.28. The first-order valence-corrected chi connectivity index (χ1v) is 7.78. The number of carboxylic acid groups (broad SMARTS) is 1. The van der Waals surface area contributed by atoms with Crippen molar-refractivity contribution in [3.8, 4) is 0 Å². The Morgan fingerprint density at radius 2 is 1.65 bits per heavy atom. The third-order valence-electron chi connectivity index (χ3n) is 4.89. The molecule has 1 saturated heterocycles. The topological polar surface area (TPSA) is 101 Å². The third kappa shape index (κ3) is 3.04. The fourth-order valence-electron chi connectivity index (χ4n) is 3.72. The van der Waals surface area contributed by atoms with Crippen LogP contribution in [0, 0.1) is 22.0 Å². The number of fused-ring (bicyclic) bond motifs is 1. The van der Waals surface area contributed by atoms with Crippen molar-refractivity contribution in [3.05, 3.63) is 39.4 Å². The molecule has 0 radical (unpaired) electrons. The highest BCUT2D eigenvalue weighted by Gasteiger charge is 2.37. The summed E-state index contributed by atoms with van der Waals surface area (Å²) in [5.74, 6) is -0.584. The van der Waals surface area contributed by atoms with Crippen LogP contribution < -0.4 is 0 Å². The van der Waals surface area contributed by atoms with Crippen LogP contribution in [-0.2, 0) is 0 Å². The number of carbonyl (C=O) groups is 2. The Morgan fingerprint density at radius 3 is 2.17 bits per heavy atom. The number of carbonyl (C=O) groups excluding carboxylic acids is 1. The predicted molar refractivity (Wildman–Crippen MR) is 81.4 cm³/mol. The second-order valence-electron chi connectivity index (χ2n) is 6.35. The van der Waals surface area contributed by atoms with Crippen molar-refractivity contribution in [2.45, 2.75) is 25.7 Å². The van der Waals surface area contributed by atoms with Crippen LogP contribution in [0.5, 0.6) is 0 Å². The van der Waals surface area contributed by atoms with Gasteiger partial charge >= 0.3 is 5.97 Å². The van der Waals surface area contributed by atoms with E-state index in [4.69, 9.17) is 5.11 Å². The Hall–Kier alpha value is -2.44. The Kier molecular flexibility index (Phi) is 4.02. The molecule has 1 saturated carbocycles. The number of nitro groups is 1. The Morgan fingerprint density at radius 1 is 1.09 bits per heavy atom. The number of carboxylic acids is 1. The summed E-state index contributed by atoms with van der Waals surface area (Å²) in [4.78, 5) is 35.8. The summed E-state index contributed by atoms with van der Waals surface area (Å²) in [7, 11) is 0. The number of hydrogen-bond donors (Lipinski definition) is 1. The lowest BCUT2D eigenvalue weighted by Gasteiger charge is -2.22. The van der Waals surface area contributed by atoms with Gasteiger partial charge in [0.1, 0.15) is 0 Å². The van der Waals surface area contributed by atoms with E-state index in [-0.39, 0.29) is 22.7 Å². The fourth-order valence-corrected chi connectivity index (χ4v) is 3.72. The molecule has 1 aliphatic heterocycles. The van der Waals surface area contributed by atoms with E-state index in [9.17, 15) is 19.7 Å². The zero-order valence-electron chi connectivity index (χ0n) is 12.6. The molecule has 122 valence electrons. The molecule has 1 N–H and O–H groups in total. The van der Waals surface area contributed by atoms with E-state index in [0.717, 1.165) is 25.0 Å². The van der Waals surface area contributed by atoms with Crippen molar-refractivity contribution in [2.75, 3.05) is 13.1 Å². The van der Waals surface area contributed by atoms with Crippen molar-refractivity contribution in [1.82, 2.24) is 4.90 Å². The van der Waals surface area contributed by atoms with Crippen LogP contribution in [-0.4, -0.2) is 39.9 Å². The number of benzene rings is 1. The van der Waals surface area contributed by atoms with Gasteiger partial charge in [0.15, 0.2) is 0 Å². The van der Waals surface area contributed by atoms with Crippen molar-refractivity contribution in [3.63, 3.8) is 0 Å². The maximum absolute atomic E-state index is 12.7. The second kappa shape index (κ2) is 5.98. The maximum atomic E-state index is 12.7. The molecule has 7 nitrogen and oxygen atoms in total. The van der Waals surface area contributed by atoms with Crippen LogP contribution in [0.2, 0.25) is 0 Å². The zero-order chi connectivity index (χ0) is 16.6. The number of aromatic carboxylic acids is 1. The second-order valence-corrected chi connectivity index (χ2v) is 6.35. The average molecular weight is 318 g/mol. The lowest BCUT2D eigenvalue weighted by atomic mass is 9.82. The van der Waals surface area contributed by atoms with Gasteiger partial charge in [0.25, 0.3) is 11.6 Å². The van der Waals surface area contributed by atoms with E-state index in [2.05, 4.69) is 0 Å². The number of nitro benzene ring substituents is 1. The van der Waals surface area contributed by atoms with E-state index in [1.165, 1.54) is 18.9 Å². The first-order chi connectivity index (χ1) is 11.0. The SMILES string of the molecule is O=C(O)c1cc(C(=O)N2CC3CCCCC3C2)cc([N+](=O)[O-])c1. The summed E-state index contributed by atoms with van der Waals surface area (Å²) in [6.07, 6.45) is 4.60. The molecule has 2 atom stereocenters. The van der Waals surface area contributed by atoms with Crippen molar-refractivity contribution >= 4 is 17.6 Å². The van der Waals surface area contributed by atoms with Crippen LogP contribution in [0.15, 0.2) is 18.2 Å². The van der Waals surface area contributed by atoms with Crippen LogP contribution in [0.1, 0.15) is 46.4 Å². The van der Waals surface area contributed by atoms with Gasteiger partial charge in [0.05, 0.1) is 10.5 Å². The predicted octanol–water partition coefficient (Wildman–Crippen LogP) is 2.56.